The first kappa shape index (κ1) is 17.2. The van der Waals surface area contributed by atoms with E-state index in [-0.39, 0.29) is 17.9 Å². The molecule has 1 aliphatic rings. The molecule has 1 aromatic rings. The van der Waals surface area contributed by atoms with Gasteiger partial charge in [-0.05, 0) is 36.6 Å². The number of hydrogen-bond acceptors (Lipinski definition) is 3. The number of carbonyl (C=O) groups is 2. The number of aliphatic hydroxyl groups excluding tert-OH is 1. The molecule has 5 nitrogen and oxygen atoms in total. The van der Waals surface area contributed by atoms with E-state index in [0.29, 0.717) is 12.1 Å². The maximum Gasteiger partial charge on any atom is 0.248 e. The number of carbonyl (C=O) groups excluding carboxylic acids is 2. The van der Waals surface area contributed by atoms with Crippen molar-refractivity contribution in [3.63, 3.8) is 0 Å². The van der Waals surface area contributed by atoms with Gasteiger partial charge >= 0.3 is 0 Å². The van der Waals surface area contributed by atoms with Gasteiger partial charge in [0, 0.05) is 31.1 Å². The molecule has 2 amide bonds. The van der Waals surface area contributed by atoms with Crippen LogP contribution in [0.15, 0.2) is 30.3 Å². The summed E-state index contributed by atoms with van der Waals surface area (Å²) in [6.07, 6.45) is 6.90. The molecule has 0 aliphatic heterocycles. The lowest BCUT2D eigenvalue weighted by Gasteiger charge is -2.30. The van der Waals surface area contributed by atoms with Crippen LogP contribution >= 0.6 is 0 Å². The SMILES string of the molecule is CN(CC1CCCCC1O)C(=O)/C=C/c1ccc(C(N)=O)cc1. The van der Waals surface area contributed by atoms with E-state index in [9.17, 15) is 14.7 Å². The number of amides is 2. The van der Waals surface area contributed by atoms with E-state index in [1.165, 1.54) is 6.08 Å². The zero-order valence-corrected chi connectivity index (χ0v) is 13.4. The molecule has 23 heavy (non-hydrogen) atoms. The second-order valence-electron chi connectivity index (χ2n) is 6.15. The average molecular weight is 316 g/mol. The predicted molar refractivity (Wildman–Crippen MR) is 89.6 cm³/mol. The standard InChI is InChI=1S/C18H24N2O3/c1-20(12-15-4-2-3-5-16(15)21)17(22)11-8-13-6-9-14(10-7-13)18(19)23/h6-11,15-16,21H,2-5,12H2,1H3,(H2,19,23)/b11-8+. The van der Waals surface area contributed by atoms with Gasteiger partial charge in [-0.3, -0.25) is 9.59 Å². The highest BCUT2D eigenvalue weighted by atomic mass is 16.3. The topological polar surface area (TPSA) is 83.6 Å². The van der Waals surface area contributed by atoms with Gasteiger partial charge in [0.25, 0.3) is 0 Å². The first-order chi connectivity index (χ1) is 11.0. The quantitative estimate of drug-likeness (QED) is 0.813. The lowest BCUT2D eigenvalue weighted by Crippen LogP contribution is -2.37. The fourth-order valence-corrected chi connectivity index (χ4v) is 2.90. The normalized spacial score (nSPS) is 21.3. The number of aliphatic hydroxyl groups is 1. The Labute approximate surface area is 136 Å². The Kier molecular flexibility index (Phi) is 5.93. The molecule has 0 radical (unpaired) electrons. The summed E-state index contributed by atoms with van der Waals surface area (Å²) in [5, 5.41) is 9.98. The van der Waals surface area contributed by atoms with Crippen LogP contribution in [0.4, 0.5) is 0 Å². The first-order valence-electron chi connectivity index (χ1n) is 7.98. The molecule has 124 valence electrons. The molecule has 3 N–H and O–H groups in total. The Morgan fingerprint density at radius 1 is 1.26 bits per heavy atom. The zero-order chi connectivity index (χ0) is 16.8. The summed E-state index contributed by atoms with van der Waals surface area (Å²) in [6, 6.07) is 6.76. The van der Waals surface area contributed by atoms with Crippen molar-refractivity contribution in [2.75, 3.05) is 13.6 Å². The van der Waals surface area contributed by atoms with Crippen LogP contribution in [-0.4, -0.2) is 41.5 Å². The van der Waals surface area contributed by atoms with Gasteiger partial charge in [-0.1, -0.05) is 25.0 Å². The van der Waals surface area contributed by atoms with Crippen LogP contribution in [0.3, 0.4) is 0 Å². The number of rotatable bonds is 5. The van der Waals surface area contributed by atoms with Crippen LogP contribution in [0.1, 0.15) is 41.6 Å². The van der Waals surface area contributed by atoms with E-state index < -0.39 is 5.91 Å². The summed E-state index contributed by atoms with van der Waals surface area (Å²) in [4.78, 5) is 24.8. The van der Waals surface area contributed by atoms with Crippen molar-refractivity contribution in [2.24, 2.45) is 11.7 Å². The molecule has 5 heteroatoms. The molecule has 1 aromatic carbocycles. The van der Waals surface area contributed by atoms with Crippen molar-refractivity contribution in [3.05, 3.63) is 41.5 Å². The van der Waals surface area contributed by atoms with Crippen LogP contribution in [-0.2, 0) is 4.79 Å². The Balaban J connectivity index is 1.90. The Morgan fingerprint density at radius 2 is 1.91 bits per heavy atom. The number of benzene rings is 1. The van der Waals surface area contributed by atoms with E-state index in [4.69, 9.17) is 5.73 Å². The fourth-order valence-electron chi connectivity index (χ4n) is 2.90. The van der Waals surface area contributed by atoms with Crippen LogP contribution in [0, 0.1) is 5.92 Å². The molecular formula is C18H24N2O3. The number of likely N-dealkylation sites (N-methyl/N-ethyl adjacent to an activating group) is 1. The molecule has 0 saturated heterocycles. The second kappa shape index (κ2) is 7.92. The van der Waals surface area contributed by atoms with E-state index in [2.05, 4.69) is 0 Å². The Hall–Kier alpha value is -2.14. The number of nitrogens with zero attached hydrogens (tertiary/aromatic N) is 1. The van der Waals surface area contributed by atoms with Crippen molar-refractivity contribution < 1.29 is 14.7 Å². The summed E-state index contributed by atoms with van der Waals surface area (Å²) in [5.74, 6) is -0.398. The number of hydrogen-bond donors (Lipinski definition) is 2. The number of primary amides is 1. The number of nitrogens with two attached hydrogens (primary N) is 1. The van der Waals surface area contributed by atoms with Gasteiger partial charge in [0.1, 0.15) is 0 Å². The van der Waals surface area contributed by atoms with Crippen molar-refractivity contribution >= 4 is 17.9 Å². The van der Waals surface area contributed by atoms with E-state index in [1.807, 2.05) is 0 Å². The monoisotopic (exact) mass is 316 g/mol. The van der Waals surface area contributed by atoms with Crippen LogP contribution in [0.25, 0.3) is 6.08 Å². The molecule has 0 bridgehead atoms. The molecule has 2 atom stereocenters. The van der Waals surface area contributed by atoms with Crippen molar-refractivity contribution in [1.82, 2.24) is 4.90 Å². The summed E-state index contributed by atoms with van der Waals surface area (Å²) < 4.78 is 0. The molecule has 0 spiro atoms. The van der Waals surface area contributed by atoms with Crippen LogP contribution in [0.2, 0.25) is 0 Å². The summed E-state index contributed by atoms with van der Waals surface area (Å²) in [7, 11) is 1.75. The zero-order valence-electron chi connectivity index (χ0n) is 13.4. The second-order valence-corrected chi connectivity index (χ2v) is 6.15. The van der Waals surface area contributed by atoms with Crippen LogP contribution in [0.5, 0.6) is 0 Å². The lowest BCUT2D eigenvalue weighted by molar-refractivity contribution is -0.126. The minimum absolute atomic E-state index is 0.0956. The molecule has 0 heterocycles. The molecule has 2 unspecified atom stereocenters. The highest BCUT2D eigenvalue weighted by Crippen LogP contribution is 2.24. The molecular weight excluding hydrogens is 292 g/mol. The van der Waals surface area contributed by atoms with Gasteiger partial charge in [-0.25, -0.2) is 0 Å². The van der Waals surface area contributed by atoms with Gasteiger partial charge in [-0.2, -0.15) is 0 Å². The lowest BCUT2D eigenvalue weighted by atomic mass is 9.86. The summed E-state index contributed by atoms with van der Waals surface area (Å²) >= 11 is 0. The largest absolute Gasteiger partial charge is 0.393 e. The van der Waals surface area contributed by atoms with E-state index in [1.54, 1.807) is 42.3 Å². The molecule has 0 aromatic heterocycles. The molecule has 2 rings (SSSR count). The Morgan fingerprint density at radius 3 is 2.52 bits per heavy atom. The minimum atomic E-state index is -0.470. The third kappa shape index (κ3) is 4.93. The van der Waals surface area contributed by atoms with E-state index in [0.717, 1.165) is 31.2 Å². The maximum atomic E-state index is 12.2. The first-order valence-corrected chi connectivity index (χ1v) is 7.98. The maximum absolute atomic E-state index is 12.2. The Bertz CT molecular complexity index is 580. The third-order valence-corrected chi connectivity index (χ3v) is 4.37. The van der Waals surface area contributed by atoms with Gasteiger partial charge in [0.05, 0.1) is 6.10 Å². The van der Waals surface area contributed by atoms with E-state index >= 15 is 0 Å². The fraction of sp³-hybridized carbons (Fsp3) is 0.444. The van der Waals surface area contributed by atoms with Crippen molar-refractivity contribution in [2.45, 2.75) is 31.8 Å². The van der Waals surface area contributed by atoms with Crippen molar-refractivity contribution in [3.8, 4) is 0 Å². The summed E-state index contributed by atoms with van der Waals surface area (Å²) in [6.45, 7) is 0.574. The van der Waals surface area contributed by atoms with Crippen molar-refractivity contribution in [1.29, 1.82) is 0 Å². The molecule has 1 fully saturated rings. The van der Waals surface area contributed by atoms with Gasteiger partial charge in [0.2, 0.25) is 11.8 Å². The highest BCUT2D eigenvalue weighted by Gasteiger charge is 2.24. The van der Waals surface area contributed by atoms with Crippen LogP contribution < -0.4 is 5.73 Å². The molecule has 1 aliphatic carbocycles. The molecule has 1 saturated carbocycles. The summed E-state index contributed by atoms with van der Waals surface area (Å²) in [5.41, 5.74) is 6.46. The van der Waals surface area contributed by atoms with Gasteiger partial charge in [0.15, 0.2) is 0 Å². The smallest absolute Gasteiger partial charge is 0.248 e. The van der Waals surface area contributed by atoms with Gasteiger partial charge in [-0.15, -0.1) is 0 Å². The van der Waals surface area contributed by atoms with Gasteiger partial charge < -0.3 is 15.7 Å². The highest BCUT2D eigenvalue weighted by molar-refractivity contribution is 5.94. The third-order valence-electron chi connectivity index (χ3n) is 4.37. The predicted octanol–water partition coefficient (Wildman–Crippen LogP) is 1.81. The minimum Gasteiger partial charge on any atom is -0.393 e. The average Bonchev–Trinajstić information content (AvgIpc) is 2.55.